The minimum absolute atomic E-state index is 0.0664. The Bertz CT molecular complexity index is 734. The fraction of sp³-hybridized carbons (Fsp3) is 0.263. The van der Waals surface area contributed by atoms with Gasteiger partial charge in [-0.1, -0.05) is 57.2 Å². The number of phenolic OH excluding ortho intramolecular Hbond substituents is 1. The number of aliphatic hydroxyl groups is 1. The Kier molecular flexibility index (Phi) is 5.36. The largest absolute Gasteiger partial charge is 0.507 e. The molecule has 1 atom stereocenters. The predicted octanol–water partition coefficient (Wildman–Crippen LogP) is 2.87. The highest BCUT2D eigenvalue weighted by Crippen LogP contribution is 2.26. The highest BCUT2D eigenvalue weighted by molar-refractivity contribution is 5.86. The molecule has 2 rings (SSSR count). The molecule has 0 saturated carbocycles. The van der Waals surface area contributed by atoms with E-state index in [4.69, 9.17) is 0 Å². The summed E-state index contributed by atoms with van der Waals surface area (Å²) in [6, 6.07) is 13.9. The maximum absolute atomic E-state index is 11.9. The number of hydrogen-bond acceptors (Lipinski definition) is 4. The van der Waals surface area contributed by atoms with Crippen LogP contribution in [0.3, 0.4) is 0 Å². The van der Waals surface area contributed by atoms with Crippen LogP contribution in [0.25, 0.3) is 0 Å². The van der Waals surface area contributed by atoms with Gasteiger partial charge in [-0.25, -0.2) is 5.43 Å². The molecule has 0 aromatic heterocycles. The molecule has 2 aromatic carbocycles. The third-order valence-corrected chi connectivity index (χ3v) is 3.64. The summed E-state index contributed by atoms with van der Waals surface area (Å²) in [6.45, 7) is 6.20. The molecular weight excluding hydrogens is 304 g/mol. The normalized spacial score (nSPS) is 13.0. The second-order valence-electron chi connectivity index (χ2n) is 6.57. The minimum atomic E-state index is -1.29. The summed E-state index contributed by atoms with van der Waals surface area (Å²) in [5.74, 6) is -0.562. The number of amides is 1. The zero-order valence-electron chi connectivity index (χ0n) is 14.0. The highest BCUT2D eigenvalue weighted by atomic mass is 16.3. The number of carbonyl (C=O) groups is 1. The lowest BCUT2D eigenvalue weighted by Gasteiger charge is -2.19. The van der Waals surface area contributed by atoms with Crippen molar-refractivity contribution >= 4 is 12.1 Å². The van der Waals surface area contributed by atoms with Crippen molar-refractivity contribution in [3.63, 3.8) is 0 Å². The quantitative estimate of drug-likeness (QED) is 0.597. The average molecular weight is 326 g/mol. The Morgan fingerprint density at radius 3 is 2.46 bits per heavy atom. The van der Waals surface area contributed by atoms with Gasteiger partial charge in [0.2, 0.25) is 0 Å². The Morgan fingerprint density at radius 1 is 1.17 bits per heavy atom. The first kappa shape index (κ1) is 17.7. The molecule has 0 fully saturated rings. The number of nitrogens with zero attached hydrogens (tertiary/aromatic N) is 1. The number of nitrogens with one attached hydrogen (secondary N) is 1. The first-order valence-electron chi connectivity index (χ1n) is 7.68. The fourth-order valence-corrected chi connectivity index (χ4v) is 2.14. The topological polar surface area (TPSA) is 81.9 Å². The maximum Gasteiger partial charge on any atom is 0.273 e. The fourth-order valence-electron chi connectivity index (χ4n) is 2.14. The van der Waals surface area contributed by atoms with Gasteiger partial charge in [-0.15, -0.1) is 0 Å². The van der Waals surface area contributed by atoms with Crippen LogP contribution in [0.2, 0.25) is 0 Å². The smallest absolute Gasteiger partial charge is 0.273 e. The summed E-state index contributed by atoms with van der Waals surface area (Å²) in [5.41, 5.74) is 4.24. The van der Waals surface area contributed by atoms with Gasteiger partial charge in [0.1, 0.15) is 5.75 Å². The Morgan fingerprint density at radius 2 is 1.83 bits per heavy atom. The molecule has 0 saturated heterocycles. The van der Waals surface area contributed by atoms with Gasteiger partial charge in [0.25, 0.3) is 5.91 Å². The van der Waals surface area contributed by atoms with Crippen LogP contribution in [0.5, 0.6) is 5.75 Å². The van der Waals surface area contributed by atoms with E-state index >= 15 is 0 Å². The first-order chi connectivity index (χ1) is 11.3. The maximum atomic E-state index is 11.9. The molecule has 0 aliphatic heterocycles. The molecule has 2 aromatic rings. The van der Waals surface area contributed by atoms with Crippen LogP contribution in [-0.2, 0) is 10.2 Å². The first-order valence-corrected chi connectivity index (χ1v) is 7.68. The molecule has 5 nitrogen and oxygen atoms in total. The molecule has 0 unspecified atom stereocenters. The van der Waals surface area contributed by atoms with Crippen molar-refractivity contribution in [2.75, 3.05) is 0 Å². The van der Waals surface area contributed by atoms with Gasteiger partial charge in [0.15, 0.2) is 6.10 Å². The minimum Gasteiger partial charge on any atom is -0.507 e. The van der Waals surface area contributed by atoms with Crippen molar-refractivity contribution in [3.8, 4) is 5.75 Å². The van der Waals surface area contributed by atoms with E-state index in [-0.39, 0.29) is 11.2 Å². The number of phenols is 1. The number of aromatic hydroxyl groups is 1. The van der Waals surface area contributed by atoms with Crippen LogP contribution >= 0.6 is 0 Å². The van der Waals surface area contributed by atoms with Crippen molar-refractivity contribution < 1.29 is 15.0 Å². The van der Waals surface area contributed by atoms with Gasteiger partial charge in [-0.2, -0.15) is 5.10 Å². The second-order valence-corrected chi connectivity index (χ2v) is 6.57. The molecule has 0 aliphatic carbocycles. The van der Waals surface area contributed by atoms with Crippen LogP contribution in [-0.4, -0.2) is 22.3 Å². The monoisotopic (exact) mass is 326 g/mol. The standard InChI is InChI=1S/C19H22N2O3/c1-19(2,3)15-9-10-16(22)14(11-15)12-20-21-18(24)17(23)13-7-5-4-6-8-13/h4-12,17,22-23H,1-3H3,(H,21,24)/b20-12-/t17-/m1/s1. The van der Waals surface area contributed by atoms with E-state index in [9.17, 15) is 15.0 Å². The van der Waals surface area contributed by atoms with Gasteiger partial charge < -0.3 is 10.2 Å². The zero-order chi connectivity index (χ0) is 17.7. The van der Waals surface area contributed by atoms with Crippen molar-refractivity contribution in [1.82, 2.24) is 5.43 Å². The molecule has 0 radical (unpaired) electrons. The van der Waals surface area contributed by atoms with Gasteiger partial charge in [-0.3, -0.25) is 4.79 Å². The van der Waals surface area contributed by atoms with Gasteiger partial charge in [0, 0.05) is 5.56 Å². The van der Waals surface area contributed by atoms with Crippen molar-refractivity contribution in [2.24, 2.45) is 5.10 Å². The SMILES string of the molecule is CC(C)(C)c1ccc(O)c(/C=N\NC(=O)[C@H](O)c2ccccc2)c1. The number of rotatable bonds is 4. The second kappa shape index (κ2) is 7.27. The van der Waals surface area contributed by atoms with Crippen LogP contribution in [0.1, 0.15) is 43.6 Å². The lowest BCUT2D eigenvalue weighted by molar-refractivity contribution is -0.129. The van der Waals surface area contributed by atoms with Crippen LogP contribution in [0.15, 0.2) is 53.6 Å². The summed E-state index contributed by atoms with van der Waals surface area (Å²) in [6.07, 6.45) is 0.0676. The van der Waals surface area contributed by atoms with E-state index in [1.165, 1.54) is 6.21 Å². The molecule has 1 amide bonds. The summed E-state index contributed by atoms with van der Waals surface area (Å²) in [7, 11) is 0. The Hall–Kier alpha value is -2.66. The molecule has 0 aliphatic rings. The predicted molar refractivity (Wildman–Crippen MR) is 93.9 cm³/mol. The number of hydrazone groups is 1. The van der Waals surface area contributed by atoms with Gasteiger partial charge in [-0.05, 0) is 28.7 Å². The highest BCUT2D eigenvalue weighted by Gasteiger charge is 2.17. The lowest BCUT2D eigenvalue weighted by Crippen LogP contribution is -2.25. The molecule has 0 bridgehead atoms. The van der Waals surface area contributed by atoms with Crippen molar-refractivity contribution in [2.45, 2.75) is 32.3 Å². The van der Waals surface area contributed by atoms with Crippen LogP contribution in [0, 0.1) is 0 Å². The number of hydrogen-bond donors (Lipinski definition) is 3. The zero-order valence-corrected chi connectivity index (χ0v) is 14.0. The molecule has 24 heavy (non-hydrogen) atoms. The van der Waals surface area contributed by atoms with Gasteiger partial charge in [0.05, 0.1) is 6.21 Å². The Labute approximate surface area is 141 Å². The molecule has 3 N–H and O–H groups in total. The van der Waals surface area contributed by atoms with E-state index in [1.54, 1.807) is 36.4 Å². The van der Waals surface area contributed by atoms with Crippen molar-refractivity contribution in [3.05, 3.63) is 65.2 Å². The number of benzene rings is 2. The summed E-state index contributed by atoms with van der Waals surface area (Å²) >= 11 is 0. The molecule has 126 valence electrons. The summed E-state index contributed by atoms with van der Waals surface area (Å²) in [5, 5.41) is 23.7. The number of carbonyl (C=O) groups excluding carboxylic acids is 1. The van der Waals surface area contributed by atoms with Crippen LogP contribution in [0.4, 0.5) is 0 Å². The molecular formula is C19H22N2O3. The Balaban J connectivity index is 2.08. The van der Waals surface area contributed by atoms with E-state index < -0.39 is 12.0 Å². The third-order valence-electron chi connectivity index (χ3n) is 3.64. The van der Waals surface area contributed by atoms with E-state index in [2.05, 4.69) is 31.3 Å². The number of aliphatic hydroxyl groups excluding tert-OH is 1. The molecule has 0 heterocycles. The summed E-state index contributed by atoms with van der Waals surface area (Å²) in [4.78, 5) is 11.9. The van der Waals surface area contributed by atoms with Crippen molar-refractivity contribution in [1.29, 1.82) is 0 Å². The van der Waals surface area contributed by atoms with E-state index in [0.717, 1.165) is 5.56 Å². The van der Waals surface area contributed by atoms with E-state index in [1.807, 2.05) is 12.1 Å². The average Bonchev–Trinajstić information content (AvgIpc) is 2.55. The van der Waals surface area contributed by atoms with Crippen LogP contribution < -0.4 is 5.43 Å². The third kappa shape index (κ3) is 4.43. The van der Waals surface area contributed by atoms with E-state index in [0.29, 0.717) is 11.1 Å². The molecule has 0 spiro atoms. The lowest BCUT2D eigenvalue weighted by atomic mass is 9.86. The van der Waals surface area contributed by atoms with Gasteiger partial charge >= 0.3 is 0 Å². The summed E-state index contributed by atoms with van der Waals surface area (Å²) < 4.78 is 0. The molecule has 5 heteroatoms.